The first-order valence-corrected chi connectivity index (χ1v) is 15.2. The zero-order valence-electron chi connectivity index (χ0n) is 25.8. The number of aryl methyl sites for hydroxylation is 2. The van der Waals surface area contributed by atoms with Crippen molar-refractivity contribution in [3.8, 4) is 11.8 Å². The summed E-state index contributed by atoms with van der Waals surface area (Å²) in [6.07, 6.45) is 5.01. The number of fused-ring (bicyclic) bond motifs is 1. The van der Waals surface area contributed by atoms with E-state index in [2.05, 4.69) is 34.2 Å². The Morgan fingerprint density at radius 2 is 1.89 bits per heavy atom. The van der Waals surface area contributed by atoms with Crippen LogP contribution >= 0.6 is 0 Å². The number of anilines is 1. The Hall–Kier alpha value is -4.09. The Balaban J connectivity index is 1.36. The smallest absolute Gasteiger partial charge is 0.322 e. The molecular weight excluding hydrogens is 561 g/mol. The van der Waals surface area contributed by atoms with Gasteiger partial charge in [-0.15, -0.1) is 0 Å². The molecule has 2 heterocycles. The van der Waals surface area contributed by atoms with E-state index in [-0.39, 0.29) is 17.2 Å². The highest BCUT2D eigenvalue weighted by atomic mass is 19.4. The molecule has 1 saturated heterocycles. The Morgan fingerprint density at radius 1 is 1.09 bits per heavy atom. The molecule has 0 spiro atoms. The monoisotopic (exact) mass is 600 g/mol. The van der Waals surface area contributed by atoms with Gasteiger partial charge < -0.3 is 10.2 Å². The Kier molecular flexibility index (Phi) is 9.45. The summed E-state index contributed by atoms with van der Waals surface area (Å²) < 4.78 is 44.2. The summed E-state index contributed by atoms with van der Waals surface area (Å²) in [7, 11) is 3.93. The van der Waals surface area contributed by atoms with Crippen LogP contribution in [-0.2, 0) is 24.4 Å². The van der Waals surface area contributed by atoms with Crippen LogP contribution < -0.4 is 5.32 Å². The molecule has 1 amide bonds. The fourth-order valence-corrected chi connectivity index (χ4v) is 5.95. The number of benzene rings is 2. The zero-order valence-corrected chi connectivity index (χ0v) is 25.8. The lowest BCUT2D eigenvalue weighted by Gasteiger charge is -2.18. The van der Waals surface area contributed by atoms with Crippen molar-refractivity contribution in [1.82, 2.24) is 14.7 Å². The predicted octanol–water partition coefficient (Wildman–Crippen LogP) is 7.70. The molecule has 0 saturated carbocycles. The molecule has 2 aliphatic rings. The van der Waals surface area contributed by atoms with Crippen molar-refractivity contribution < 1.29 is 18.0 Å². The molecule has 5 nitrogen and oxygen atoms in total. The number of amides is 1. The molecule has 8 heteroatoms. The summed E-state index contributed by atoms with van der Waals surface area (Å²) in [6.45, 7) is 6.00. The van der Waals surface area contributed by atoms with Crippen molar-refractivity contribution in [2.45, 2.75) is 52.1 Å². The van der Waals surface area contributed by atoms with Gasteiger partial charge in [-0.25, -0.2) is 0 Å². The van der Waals surface area contributed by atoms with Crippen LogP contribution in [0.4, 0.5) is 18.9 Å². The quantitative estimate of drug-likeness (QED) is 0.306. The van der Waals surface area contributed by atoms with Gasteiger partial charge in [-0.05, 0) is 113 Å². The molecule has 44 heavy (non-hydrogen) atoms. The second kappa shape index (κ2) is 13.3. The average molecular weight is 601 g/mol. The predicted molar refractivity (Wildman–Crippen MR) is 170 cm³/mol. The minimum atomic E-state index is -4.52. The first-order valence-electron chi connectivity index (χ1n) is 15.2. The molecule has 1 aliphatic carbocycles. The number of rotatable bonds is 5. The van der Waals surface area contributed by atoms with Crippen molar-refractivity contribution >= 4 is 22.5 Å². The van der Waals surface area contributed by atoms with Gasteiger partial charge in [0.15, 0.2) is 0 Å². The van der Waals surface area contributed by atoms with Crippen molar-refractivity contribution in [1.29, 1.82) is 0 Å². The molecule has 1 aromatic heterocycles. The van der Waals surface area contributed by atoms with E-state index < -0.39 is 17.6 Å². The molecule has 2 unspecified atom stereocenters. The molecule has 230 valence electrons. The standard InChI is InChI=1S/C36H39F3N4O/c1-24-11-13-29(22-28(25(24)2)16-18-34-31-9-5-6-10-33(31)41-43(34)4)35(44)40-30-17-15-27(32(23-30)36(37,38)39)14-12-26-8-7-20-42(3)21-19-26/h5-6,9-11,13,15,17,22-24,26H,7-8,12,14,19-21H2,1-4H3,(H,40,44). The Labute approximate surface area is 257 Å². The van der Waals surface area contributed by atoms with Crippen LogP contribution in [0.5, 0.6) is 0 Å². The number of hydrogen-bond donors (Lipinski definition) is 1. The van der Waals surface area contributed by atoms with Crippen LogP contribution in [0.1, 0.15) is 56.4 Å². The number of hydrogen-bond acceptors (Lipinski definition) is 3. The molecule has 2 aromatic carbocycles. The van der Waals surface area contributed by atoms with Crippen molar-refractivity contribution in [2.24, 2.45) is 18.9 Å². The highest BCUT2D eigenvalue weighted by molar-refractivity contribution is 6.06. The largest absolute Gasteiger partial charge is 0.416 e. The maximum Gasteiger partial charge on any atom is 0.416 e. The van der Waals surface area contributed by atoms with Gasteiger partial charge in [0.25, 0.3) is 5.91 Å². The summed E-state index contributed by atoms with van der Waals surface area (Å²) in [5.74, 6) is 6.41. The summed E-state index contributed by atoms with van der Waals surface area (Å²) in [6, 6.07) is 11.9. The van der Waals surface area contributed by atoms with E-state index >= 15 is 0 Å². The van der Waals surface area contributed by atoms with Crippen LogP contribution in [-0.4, -0.2) is 40.7 Å². The van der Waals surface area contributed by atoms with E-state index in [0.717, 1.165) is 67.0 Å². The summed E-state index contributed by atoms with van der Waals surface area (Å²) in [4.78, 5) is 15.7. The minimum Gasteiger partial charge on any atom is -0.322 e. The van der Waals surface area contributed by atoms with Crippen molar-refractivity contribution in [2.75, 3.05) is 25.5 Å². The van der Waals surface area contributed by atoms with Gasteiger partial charge in [0.2, 0.25) is 0 Å². The van der Waals surface area contributed by atoms with E-state index in [1.807, 2.05) is 51.2 Å². The number of aromatic nitrogens is 2. The van der Waals surface area contributed by atoms with Gasteiger partial charge >= 0.3 is 6.18 Å². The Bertz CT molecular complexity index is 1700. The molecule has 5 rings (SSSR count). The van der Waals surface area contributed by atoms with Crippen LogP contribution in [0.3, 0.4) is 0 Å². The number of allylic oxidation sites excluding steroid dienone is 4. The third-order valence-electron chi connectivity index (χ3n) is 8.86. The second-order valence-electron chi connectivity index (χ2n) is 12.0. The SMILES string of the molecule is CC1=C(C#Cc2c3ccccc3nn2C)C=C(C(=O)Nc2ccc(CCC3CCCN(C)CC3)c(C(F)(F)F)c2)C=CC1C. The van der Waals surface area contributed by atoms with Gasteiger partial charge in [0, 0.05) is 29.3 Å². The lowest BCUT2D eigenvalue weighted by molar-refractivity contribution is -0.138. The van der Waals surface area contributed by atoms with Crippen LogP contribution in [0.15, 0.2) is 77.4 Å². The molecule has 1 fully saturated rings. The van der Waals surface area contributed by atoms with E-state index in [9.17, 15) is 18.0 Å². The van der Waals surface area contributed by atoms with Crippen LogP contribution in [0.2, 0.25) is 0 Å². The molecule has 0 bridgehead atoms. The Morgan fingerprint density at radius 3 is 2.68 bits per heavy atom. The van der Waals surface area contributed by atoms with Gasteiger partial charge in [0.1, 0.15) is 5.69 Å². The topological polar surface area (TPSA) is 50.2 Å². The lowest BCUT2D eigenvalue weighted by atomic mass is 9.91. The van der Waals surface area contributed by atoms with E-state index in [4.69, 9.17) is 0 Å². The first kappa shape index (κ1) is 31.3. The van der Waals surface area contributed by atoms with Crippen molar-refractivity contribution in [3.05, 3.63) is 94.2 Å². The molecule has 2 atom stereocenters. The number of likely N-dealkylation sites (tertiary alicyclic amines) is 1. The molecule has 3 aromatic rings. The third kappa shape index (κ3) is 7.34. The van der Waals surface area contributed by atoms with Crippen LogP contribution in [0, 0.1) is 23.7 Å². The van der Waals surface area contributed by atoms with E-state index in [0.29, 0.717) is 23.5 Å². The summed E-state index contributed by atoms with van der Waals surface area (Å²) in [5, 5.41) is 8.16. The summed E-state index contributed by atoms with van der Waals surface area (Å²) in [5.41, 5.74) is 3.31. The highest BCUT2D eigenvalue weighted by Crippen LogP contribution is 2.36. The number of carbonyl (C=O) groups excluding carboxylic acids is 1. The third-order valence-corrected chi connectivity index (χ3v) is 8.86. The van der Waals surface area contributed by atoms with E-state index in [1.54, 1.807) is 22.9 Å². The fraction of sp³-hybridized carbons (Fsp3) is 0.389. The lowest BCUT2D eigenvalue weighted by Crippen LogP contribution is -2.19. The van der Waals surface area contributed by atoms with Gasteiger partial charge in [-0.1, -0.05) is 48.8 Å². The molecular formula is C36H39F3N4O. The van der Waals surface area contributed by atoms with Gasteiger partial charge in [0.05, 0.1) is 11.1 Å². The number of alkyl halides is 3. The fourth-order valence-electron chi connectivity index (χ4n) is 5.95. The number of nitrogens with zero attached hydrogens (tertiary/aromatic N) is 3. The van der Waals surface area contributed by atoms with E-state index in [1.165, 1.54) is 6.07 Å². The highest BCUT2D eigenvalue weighted by Gasteiger charge is 2.34. The number of halogens is 3. The first-order chi connectivity index (χ1) is 21.0. The maximum absolute atomic E-state index is 14.2. The number of carbonyl (C=O) groups is 1. The molecule has 1 N–H and O–H groups in total. The number of nitrogens with one attached hydrogen (secondary N) is 1. The van der Waals surface area contributed by atoms with Gasteiger partial charge in [-0.2, -0.15) is 18.3 Å². The van der Waals surface area contributed by atoms with Gasteiger partial charge in [-0.3, -0.25) is 9.48 Å². The molecule has 0 radical (unpaired) electrons. The van der Waals surface area contributed by atoms with Crippen molar-refractivity contribution in [3.63, 3.8) is 0 Å². The second-order valence-corrected chi connectivity index (χ2v) is 12.0. The minimum absolute atomic E-state index is 0.0223. The maximum atomic E-state index is 14.2. The average Bonchev–Trinajstić information content (AvgIpc) is 3.07. The van der Waals surface area contributed by atoms with Crippen LogP contribution in [0.25, 0.3) is 10.9 Å². The molecule has 1 aliphatic heterocycles. The summed E-state index contributed by atoms with van der Waals surface area (Å²) >= 11 is 0. The normalized spacial score (nSPS) is 19.7. The zero-order chi connectivity index (χ0) is 31.4.